The molecule has 0 bridgehead atoms. The van der Waals surface area contributed by atoms with Crippen molar-refractivity contribution < 1.29 is 9.53 Å². The molecule has 108 valence electrons. The van der Waals surface area contributed by atoms with Crippen molar-refractivity contribution in [3.8, 4) is 0 Å². The van der Waals surface area contributed by atoms with Crippen LogP contribution in [0, 0.1) is 12.8 Å². The van der Waals surface area contributed by atoms with Gasteiger partial charge in [0.05, 0.1) is 12.5 Å². The van der Waals surface area contributed by atoms with Crippen LogP contribution in [-0.4, -0.2) is 12.6 Å². The van der Waals surface area contributed by atoms with Gasteiger partial charge in [-0.15, -0.1) is 0 Å². The Bertz CT molecular complexity index is 471. The summed E-state index contributed by atoms with van der Waals surface area (Å²) in [5.74, 6) is -0.0912. The molecule has 1 atom stereocenters. The molecule has 1 aliphatic rings. The van der Waals surface area contributed by atoms with Crippen LogP contribution in [0.5, 0.6) is 0 Å². The summed E-state index contributed by atoms with van der Waals surface area (Å²) in [5.41, 5.74) is 3.68. The number of ether oxygens (including phenoxy) is 1. The van der Waals surface area contributed by atoms with E-state index in [4.69, 9.17) is 4.74 Å². The van der Waals surface area contributed by atoms with Crippen molar-refractivity contribution >= 4 is 12.0 Å². The summed E-state index contributed by atoms with van der Waals surface area (Å²) in [4.78, 5) is 12.1. The normalized spacial score (nSPS) is 21.5. The van der Waals surface area contributed by atoms with Crippen molar-refractivity contribution in [3.05, 3.63) is 41.0 Å². The van der Waals surface area contributed by atoms with E-state index in [-0.39, 0.29) is 11.9 Å². The molecule has 1 aliphatic carbocycles. The number of rotatable bonds is 3. The van der Waals surface area contributed by atoms with E-state index in [9.17, 15) is 4.79 Å². The maximum Gasteiger partial charge on any atom is 0.313 e. The molecule has 2 rings (SSSR count). The first kappa shape index (κ1) is 14.8. The van der Waals surface area contributed by atoms with Gasteiger partial charge in [0.1, 0.15) is 0 Å². The summed E-state index contributed by atoms with van der Waals surface area (Å²) in [6, 6.07) is 8.47. The van der Waals surface area contributed by atoms with Gasteiger partial charge in [-0.1, -0.05) is 54.3 Å². The van der Waals surface area contributed by atoms with Gasteiger partial charge in [-0.25, -0.2) is 0 Å². The van der Waals surface area contributed by atoms with Gasteiger partial charge < -0.3 is 4.74 Å². The second kappa shape index (κ2) is 7.28. The highest BCUT2D eigenvalue weighted by molar-refractivity contribution is 5.78. The topological polar surface area (TPSA) is 26.3 Å². The summed E-state index contributed by atoms with van der Waals surface area (Å²) in [7, 11) is 0. The van der Waals surface area contributed by atoms with Crippen molar-refractivity contribution in [2.75, 3.05) is 6.61 Å². The Morgan fingerprint density at radius 3 is 2.70 bits per heavy atom. The number of carbonyl (C=O) groups is 1. The fourth-order valence-electron chi connectivity index (χ4n) is 2.78. The van der Waals surface area contributed by atoms with Crippen molar-refractivity contribution in [1.82, 2.24) is 0 Å². The van der Waals surface area contributed by atoms with Crippen LogP contribution in [-0.2, 0) is 9.53 Å². The average Bonchev–Trinajstić information content (AvgIpc) is 2.67. The fourth-order valence-corrected chi connectivity index (χ4v) is 2.78. The van der Waals surface area contributed by atoms with Crippen molar-refractivity contribution in [1.29, 1.82) is 0 Å². The van der Waals surface area contributed by atoms with Crippen LogP contribution in [0.25, 0.3) is 6.08 Å². The molecule has 0 radical (unpaired) electrons. The van der Waals surface area contributed by atoms with Crippen LogP contribution in [0.3, 0.4) is 0 Å². The highest BCUT2D eigenvalue weighted by Gasteiger charge is 2.25. The Hall–Kier alpha value is -1.57. The largest absolute Gasteiger partial charge is 0.466 e. The smallest absolute Gasteiger partial charge is 0.313 e. The standard InChI is InChI=1S/C18H24O2/c1-3-20-18(19)17-8-6-4-5-7-16(17)13-15-11-9-14(2)10-12-15/h9-13,17H,3-8H2,1-2H3/b16-13+. The minimum atomic E-state index is -0.0484. The SMILES string of the molecule is CCOC(=O)C1CCCCC/C1=C\c1ccc(C)cc1. The summed E-state index contributed by atoms with van der Waals surface area (Å²) < 4.78 is 5.24. The minimum absolute atomic E-state index is 0.0428. The molecule has 2 heteroatoms. The Morgan fingerprint density at radius 1 is 1.25 bits per heavy atom. The van der Waals surface area contributed by atoms with Crippen LogP contribution < -0.4 is 0 Å². The molecule has 0 amide bonds. The molecule has 0 spiro atoms. The summed E-state index contributed by atoms with van der Waals surface area (Å²) in [6.45, 7) is 4.43. The van der Waals surface area contributed by atoms with Crippen LogP contribution in [0.1, 0.15) is 50.2 Å². The number of benzene rings is 1. The molecular weight excluding hydrogens is 248 g/mol. The number of aryl methyl sites for hydroxylation is 1. The second-order valence-corrected chi connectivity index (χ2v) is 5.53. The van der Waals surface area contributed by atoms with Gasteiger partial charge in [0, 0.05) is 0 Å². The van der Waals surface area contributed by atoms with E-state index in [1.165, 1.54) is 29.5 Å². The lowest BCUT2D eigenvalue weighted by atomic mass is 9.92. The number of hydrogen-bond donors (Lipinski definition) is 0. The Balaban J connectivity index is 2.23. The lowest BCUT2D eigenvalue weighted by molar-refractivity contribution is -0.146. The molecule has 1 unspecified atom stereocenters. The molecule has 0 saturated heterocycles. The van der Waals surface area contributed by atoms with E-state index in [0.29, 0.717) is 6.61 Å². The van der Waals surface area contributed by atoms with Gasteiger partial charge in [0.15, 0.2) is 0 Å². The highest BCUT2D eigenvalue weighted by atomic mass is 16.5. The zero-order valence-corrected chi connectivity index (χ0v) is 12.5. The third-order valence-corrected chi connectivity index (χ3v) is 3.91. The van der Waals surface area contributed by atoms with E-state index in [1.54, 1.807) is 0 Å². The van der Waals surface area contributed by atoms with Crippen molar-refractivity contribution in [3.63, 3.8) is 0 Å². The fraction of sp³-hybridized carbons (Fsp3) is 0.500. The number of hydrogen-bond acceptors (Lipinski definition) is 2. The number of esters is 1. The quantitative estimate of drug-likeness (QED) is 0.597. The summed E-state index contributed by atoms with van der Waals surface area (Å²) in [6.07, 6.45) is 7.63. The molecule has 2 nitrogen and oxygen atoms in total. The third kappa shape index (κ3) is 3.96. The summed E-state index contributed by atoms with van der Waals surface area (Å²) >= 11 is 0. The summed E-state index contributed by atoms with van der Waals surface area (Å²) in [5, 5.41) is 0. The van der Waals surface area contributed by atoms with E-state index in [0.717, 1.165) is 19.3 Å². The molecule has 1 saturated carbocycles. The first-order valence-corrected chi connectivity index (χ1v) is 7.64. The van der Waals surface area contributed by atoms with E-state index < -0.39 is 0 Å². The third-order valence-electron chi connectivity index (χ3n) is 3.91. The minimum Gasteiger partial charge on any atom is -0.466 e. The monoisotopic (exact) mass is 272 g/mol. The van der Waals surface area contributed by atoms with Crippen molar-refractivity contribution in [2.24, 2.45) is 5.92 Å². The predicted octanol–water partition coefficient (Wildman–Crippen LogP) is 4.52. The molecular formula is C18H24O2. The first-order valence-electron chi connectivity index (χ1n) is 7.64. The molecule has 1 aromatic rings. The lowest BCUT2D eigenvalue weighted by Crippen LogP contribution is -2.19. The van der Waals surface area contributed by atoms with E-state index >= 15 is 0 Å². The van der Waals surface area contributed by atoms with Crippen LogP contribution in [0.15, 0.2) is 29.8 Å². The molecule has 0 N–H and O–H groups in total. The van der Waals surface area contributed by atoms with Crippen LogP contribution in [0.4, 0.5) is 0 Å². The highest BCUT2D eigenvalue weighted by Crippen LogP contribution is 2.30. The molecule has 1 fully saturated rings. The van der Waals surface area contributed by atoms with Gasteiger partial charge in [-0.3, -0.25) is 4.79 Å². The Morgan fingerprint density at radius 2 is 2.00 bits per heavy atom. The molecule has 0 aromatic heterocycles. The molecule has 0 aliphatic heterocycles. The Labute approximate surface area is 121 Å². The van der Waals surface area contributed by atoms with Crippen LogP contribution in [0.2, 0.25) is 0 Å². The molecule has 0 heterocycles. The zero-order valence-electron chi connectivity index (χ0n) is 12.5. The maximum atomic E-state index is 12.1. The van der Waals surface area contributed by atoms with E-state index in [1.807, 2.05) is 6.92 Å². The predicted molar refractivity (Wildman–Crippen MR) is 82.4 cm³/mol. The van der Waals surface area contributed by atoms with Gasteiger partial charge in [-0.2, -0.15) is 0 Å². The number of carbonyl (C=O) groups excluding carboxylic acids is 1. The second-order valence-electron chi connectivity index (χ2n) is 5.53. The average molecular weight is 272 g/mol. The zero-order chi connectivity index (χ0) is 14.4. The Kier molecular flexibility index (Phi) is 5.40. The van der Waals surface area contributed by atoms with Gasteiger partial charge >= 0.3 is 5.97 Å². The van der Waals surface area contributed by atoms with Gasteiger partial charge in [0.25, 0.3) is 0 Å². The molecule has 1 aromatic carbocycles. The lowest BCUT2D eigenvalue weighted by Gasteiger charge is -2.16. The van der Waals surface area contributed by atoms with E-state index in [2.05, 4.69) is 37.3 Å². The van der Waals surface area contributed by atoms with Gasteiger partial charge in [0.2, 0.25) is 0 Å². The maximum absolute atomic E-state index is 12.1. The van der Waals surface area contributed by atoms with Crippen molar-refractivity contribution in [2.45, 2.75) is 46.0 Å². The first-order chi connectivity index (χ1) is 9.70. The van der Waals surface area contributed by atoms with Crippen LogP contribution >= 0.6 is 0 Å². The molecule has 20 heavy (non-hydrogen) atoms. The van der Waals surface area contributed by atoms with Gasteiger partial charge in [-0.05, 0) is 38.7 Å².